The van der Waals surface area contributed by atoms with Crippen LogP contribution in [0.3, 0.4) is 0 Å². The first-order valence-electron chi connectivity index (χ1n) is 16.1. The zero-order valence-electron chi connectivity index (χ0n) is 32.9. The summed E-state index contributed by atoms with van der Waals surface area (Å²) < 4.78 is 27.0. The molecule has 11 heteroatoms. The first-order valence-corrected chi connectivity index (χ1v) is 24.9. The Kier molecular flexibility index (Phi) is 21.8. The van der Waals surface area contributed by atoms with Crippen LogP contribution in [-0.4, -0.2) is 77.2 Å². The maximum absolute atomic E-state index is 11.2. The van der Waals surface area contributed by atoms with Crippen molar-refractivity contribution in [3.8, 4) is 0 Å². The van der Waals surface area contributed by atoms with Gasteiger partial charge in [0.25, 0.3) is 0 Å². The molecule has 0 aliphatic carbocycles. The van der Waals surface area contributed by atoms with E-state index >= 15 is 0 Å². The molecule has 0 aliphatic rings. The molecule has 0 N–H and O–H groups in total. The molecule has 3 atom stereocenters. The molecular weight excluding hydrogens is 621 g/mol. The van der Waals surface area contributed by atoms with Crippen LogP contribution in [0.5, 0.6) is 0 Å². The number of methoxy groups -OCH3 is 2. The van der Waals surface area contributed by atoms with Crippen LogP contribution in [0.2, 0.25) is 54.4 Å². The average Bonchev–Trinajstić information content (AvgIpc) is 2.90. The normalized spacial score (nSPS) is 15.1. The number of carbonyl (C=O) groups is 3. The lowest BCUT2D eigenvalue weighted by Gasteiger charge is -2.36. The molecule has 0 aromatic carbocycles. The Morgan fingerprint density at radius 3 is 1.22 bits per heavy atom. The van der Waals surface area contributed by atoms with Gasteiger partial charge in [-0.2, -0.15) is 0 Å². The lowest BCUT2D eigenvalue weighted by atomic mass is 10.2. The van der Waals surface area contributed by atoms with Gasteiger partial charge in [0.05, 0.1) is 20.1 Å². The number of rotatable bonds is 13. The van der Waals surface area contributed by atoms with Crippen molar-refractivity contribution in [2.24, 2.45) is 17.8 Å². The molecule has 45 heavy (non-hydrogen) atoms. The molecule has 0 radical (unpaired) electrons. The first kappa shape index (κ1) is 48.3. The summed E-state index contributed by atoms with van der Waals surface area (Å²) in [6.45, 7) is 40.4. The zero-order valence-corrected chi connectivity index (χ0v) is 35.9. The Hall–Kier alpha value is -1.12. The minimum absolute atomic E-state index is 0.0223. The van der Waals surface area contributed by atoms with Gasteiger partial charge in [-0.3, -0.25) is 4.79 Å². The smallest absolute Gasteiger partial charge is 0.330 e. The van der Waals surface area contributed by atoms with Crippen LogP contribution < -0.4 is 0 Å². The summed E-state index contributed by atoms with van der Waals surface area (Å²) >= 11 is 0. The predicted octanol–water partition coefficient (Wildman–Crippen LogP) is 9.03. The Morgan fingerprint density at radius 2 is 0.933 bits per heavy atom. The van der Waals surface area contributed by atoms with E-state index in [0.717, 1.165) is 6.29 Å². The molecule has 0 heterocycles. The molecular formula is C34H72O8Si3. The van der Waals surface area contributed by atoms with Gasteiger partial charge in [-0.15, -0.1) is 0 Å². The number of hydrogen-bond acceptors (Lipinski definition) is 8. The van der Waals surface area contributed by atoms with Gasteiger partial charge in [-0.05, 0) is 67.2 Å². The van der Waals surface area contributed by atoms with E-state index in [2.05, 4.69) is 111 Å². The summed E-state index contributed by atoms with van der Waals surface area (Å²) in [4.78, 5) is 32.5. The van der Waals surface area contributed by atoms with E-state index in [1.807, 2.05) is 26.8 Å². The van der Waals surface area contributed by atoms with E-state index in [1.165, 1.54) is 20.3 Å². The average molecular weight is 693 g/mol. The highest BCUT2D eigenvalue weighted by Gasteiger charge is 2.39. The van der Waals surface area contributed by atoms with Crippen molar-refractivity contribution >= 4 is 43.2 Å². The van der Waals surface area contributed by atoms with E-state index in [0.29, 0.717) is 19.8 Å². The van der Waals surface area contributed by atoms with Crippen molar-refractivity contribution in [2.75, 3.05) is 34.0 Å². The van der Waals surface area contributed by atoms with E-state index in [9.17, 15) is 14.4 Å². The predicted molar refractivity (Wildman–Crippen MR) is 196 cm³/mol. The molecule has 0 fully saturated rings. The zero-order chi connectivity index (χ0) is 36.7. The summed E-state index contributed by atoms with van der Waals surface area (Å²) in [5.74, 6) is -0.445. The van der Waals surface area contributed by atoms with Crippen LogP contribution in [-0.2, 0) is 37.1 Å². The van der Waals surface area contributed by atoms with Crippen molar-refractivity contribution < 1.29 is 37.1 Å². The van der Waals surface area contributed by atoms with Gasteiger partial charge in [0.1, 0.15) is 6.29 Å². The summed E-state index contributed by atoms with van der Waals surface area (Å²) in [6.07, 6.45) is 4.24. The monoisotopic (exact) mass is 692 g/mol. The Bertz CT molecular complexity index is 895. The van der Waals surface area contributed by atoms with Crippen molar-refractivity contribution in [1.82, 2.24) is 0 Å². The quantitative estimate of drug-likeness (QED) is 0.0817. The van der Waals surface area contributed by atoms with Crippen molar-refractivity contribution in [3.63, 3.8) is 0 Å². The third-order valence-electron chi connectivity index (χ3n) is 9.12. The van der Waals surface area contributed by atoms with Crippen molar-refractivity contribution in [2.45, 2.75) is 137 Å². The van der Waals surface area contributed by atoms with Gasteiger partial charge in [0.2, 0.25) is 0 Å². The van der Waals surface area contributed by atoms with Gasteiger partial charge < -0.3 is 27.5 Å². The van der Waals surface area contributed by atoms with Crippen LogP contribution >= 0.6 is 0 Å². The molecule has 0 bridgehead atoms. The molecule has 0 rings (SSSR count). The van der Waals surface area contributed by atoms with Gasteiger partial charge in [-0.1, -0.05) is 82.2 Å². The first-order chi connectivity index (χ1) is 19.9. The van der Waals surface area contributed by atoms with E-state index < -0.39 is 25.0 Å². The highest BCUT2D eigenvalue weighted by molar-refractivity contribution is 6.74. The number of hydrogen-bond donors (Lipinski definition) is 0. The lowest BCUT2D eigenvalue weighted by molar-refractivity contribution is -0.145. The second-order valence-corrected chi connectivity index (χ2v) is 31.0. The summed E-state index contributed by atoms with van der Waals surface area (Å²) in [6, 6.07) is 0. The van der Waals surface area contributed by atoms with Crippen molar-refractivity contribution in [1.29, 1.82) is 0 Å². The van der Waals surface area contributed by atoms with Gasteiger partial charge in [0, 0.05) is 31.8 Å². The van der Waals surface area contributed by atoms with Gasteiger partial charge in [0.15, 0.2) is 25.0 Å². The number of ether oxygens (including phenoxy) is 2. The third-order valence-corrected chi connectivity index (χ3v) is 22.6. The molecule has 0 saturated heterocycles. The molecule has 0 aromatic heterocycles. The molecule has 0 aliphatic heterocycles. The standard InChI is InChI=1S/C13H26O3Si.C11H24O3Si.C10H22O2Si/c1-11(8-9-12(14)15-5)10-16-17(6,7)13(2,3)4;1-9(10(12)13-5)8-14-15(6,7)11(2,3)4;1-9(7-11)8-12-13(5,6)10(2,3)4/h8-9,11H,10H2,1-7H3;9H,8H2,1-7H3;7,9H,8H2,1-6H3/b9-8+;;/t11-;2*9-/m010/s1. The highest BCUT2D eigenvalue weighted by Crippen LogP contribution is 2.38. The second-order valence-electron chi connectivity index (χ2n) is 16.6. The molecule has 0 unspecified atom stereocenters. The fourth-order valence-electron chi connectivity index (χ4n) is 2.34. The largest absolute Gasteiger partial charge is 0.469 e. The number of carbonyl (C=O) groups excluding carboxylic acids is 3. The van der Waals surface area contributed by atoms with E-state index in [4.69, 9.17) is 13.3 Å². The minimum atomic E-state index is -1.73. The van der Waals surface area contributed by atoms with Gasteiger partial charge in [-0.25, -0.2) is 4.79 Å². The number of esters is 2. The highest BCUT2D eigenvalue weighted by atomic mass is 28.4. The Balaban J connectivity index is -0.000000593. The summed E-state index contributed by atoms with van der Waals surface area (Å²) in [5.41, 5.74) is 0. The van der Waals surface area contributed by atoms with Crippen LogP contribution in [0, 0.1) is 17.8 Å². The van der Waals surface area contributed by atoms with Crippen LogP contribution in [0.1, 0.15) is 83.1 Å². The SMILES string of the molecule is COC(=O)/C=C/[C@H](C)CO[Si](C)(C)C(C)(C)C.COC(=O)[C@H](C)CO[Si](C)(C)C(C)(C)C.C[C@@H](C=O)CO[Si](C)(C)C(C)(C)C. The fraction of sp³-hybridized carbons (Fsp3) is 0.853. The molecule has 0 saturated carbocycles. The van der Waals surface area contributed by atoms with Gasteiger partial charge >= 0.3 is 11.9 Å². The third kappa shape index (κ3) is 20.7. The fourth-order valence-corrected chi connectivity index (χ4v) is 5.66. The van der Waals surface area contributed by atoms with E-state index in [-0.39, 0.29) is 44.8 Å². The van der Waals surface area contributed by atoms with Crippen LogP contribution in [0.15, 0.2) is 12.2 Å². The summed E-state index contributed by atoms with van der Waals surface area (Å²) in [5, 5.41) is 0.636. The maximum Gasteiger partial charge on any atom is 0.330 e. The molecule has 0 spiro atoms. The molecule has 268 valence electrons. The maximum atomic E-state index is 11.2. The van der Waals surface area contributed by atoms with Crippen molar-refractivity contribution in [3.05, 3.63) is 12.2 Å². The Labute approximate surface area is 281 Å². The number of aldehydes is 1. The van der Waals surface area contributed by atoms with E-state index in [1.54, 1.807) is 0 Å². The minimum Gasteiger partial charge on any atom is -0.469 e. The molecule has 8 nitrogen and oxygen atoms in total. The van der Waals surface area contributed by atoms with Crippen LogP contribution in [0.25, 0.3) is 0 Å². The van der Waals surface area contributed by atoms with Crippen LogP contribution in [0.4, 0.5) is 0 Å². The second kappa shape index (κ2) is 20.3. The Morgan fingerprint density at radius 1 is 0.600 bits per heavy atom. The summed E-state index contributed by atoms with van der Waals surface area (Å²) in [7, 11) is -2.27. The topological polar surface area (TPSA) is 97.4 Å². The molecule has 0 amide bonds. The molecule has 0 aromatic rings. The lowest BCUT2D eigenvalue weighted by Crippen LogP contribution is -2.42.